The van der Waals surface area contributed by atoms with Gasteiger partial charge in [-0.2, -0.15) is 11.8 Å². The molecule has 3 rings (SSSR count). The Bertz CT molecular complexity index is 679. The van der Waals surface area contributed by atoms with Crippen LogP contribution in [0.1, 0.15) is 12.0 Å². The molecule has 0 saturated carbocycles. The summed E-state index contributed by atoms with van der Waals surface area (Å²) in [6.07, 6.45) is 4.08. The van der Waals surface area contributed by atoms with E-state index in [9.17, 15) is 4.79 Å². The molecule has 0 spiro atoms. The number of benzene rings is 1. The monoisotopic (exact) mass is 399 g/mol. The number of nitrogens with one attached hydrogen (secondary N) is 2. The summed E-state index contributed by atoms with van der Waals surface area (Å²) in [6, 6.07) is 10.4. The molecule has 1 fully saturated rings. The molecule has 7 heteroatoms. The lowest BCUT2D eigenvalue weighted by Crippen LogP contribution is -2.39. The molecule has 0 aliphatic carbocycles. The van der Waals surface area contributed by atoms with Crippen molar-refractivity contribution in [3.63, 3.8) is 0 Å². The second kappa shape index (κ2) is 10.7. The second-order valence-corrected chi connectivity index (χ2v) is 6.89. The summed E-state index contributed by atoms with van der Waals surface area (Å²) >= 11 is 1.91. The Labute approximate surface area is 165 Å². The number of nitrogens with zero attached hydrogens (tertiary/aromatic N) is 1. The molecule has 0 bridgehead atoms. The van der Waals surface area contributed by atoms with Crippen LogP contribution in [-0.4, -0.2) is 35.0 Å². The van der Waals surface area contributed by atoms with E-state index in [-0.39, 0.29) is 36.8 Å². The van der Waals surface area contributed by atoms with E-state index in [4.69, 9.17) is 0 Å². The Kier molecular flexibility index (Phi) is 9.28. The number of carbonyl (C=O) groups excluding carboxylic acids is 1. The molecular formula is C18H23Cl2N3OS. The van der Waals surface area contributed by atoms with Crippen LogP contribution in [0.25, 0.3) is 11.1 Å². The molecule has 4 nitrogen and oxygen atoms in total. The largest absolute Gasteiger partial charge is 0.326 e. The minimum absolute atomic E-state index is 0. The molecule has 1 aliphatic rings. The summed E-state index contributed by atoms with van der Waals surface area (Å²) in [5.74, 6) is 2.20. The fourth-order valence-electron chi connectivity index (χ4n) is 2.66. The van der Waals surface area contributed by atoms with Crippen molar-refractivity contribution >= 4 is 48.2 Å². The lowest BCUT2D eigenvalue weighted by molar-refractivity contribution is -0.116. The summed E-state index contributed by atoms with van der Waals surface area (Å²) in [6.45, 7) is 3.00. The molecular weight excluding hydrogens is 377 g/mol. The molecule has 136 valence electrons. The van der Waals surface area contributed by atoms with Crippen molar-refractivity contribution in [3.05, 3.63) is 48.3 Å². The highest BCUT2D eigenvalue weighted by Crippen LogP contribution is 2.25. The molecule has 1 saturated heterocycles. The number of carbonyl (C=O) groups is 1. The minimum atomic E-state index is 0. The van der Waals surface area contributed by atoms with Gasteiger partial charge < -0.3 is 10.6 Å². The van der Waals surface area contributed by atoms with Crippen molar-refractivity contribution in [2.24, 2.45) is 0 Å². The zero-order chi connectivity index (χ0) is 16.1. The third-order valence-electron chi connectivity index (χ3n) is 3.96. The van der Waals surface area contributed by atoms with Gasteiger partial charge in [0.05, 0.1) is 0 Å². The van der Waals surface area contributed by atoms with Crippen LogP contribution in [-0.2, 0) is 4.79 Å². The topological polar surface area (TPSA) is 54.0 Å². The van der Waals surface area contributed by atoms with E-state index in [0.717, 1.165) is 40.4 Å². The molecule has 2 heterocycles. The highest BCUT2D eigenvalue weighted by molar-refractivity contribution is 7.99. The predicted molar refractivity (Wildman–Crippen MR) is 111 cm³/mol. The van der Waals surface area contributed by atoms with Gasteiger partial charge in [-0.05, 0) is 41.8 Å². The number of halogens is 2. The molecule has 1 aliphatic heterocycles. The predicted octanol–water partition coefficient (Wildman–Crippen LogP) is 3.93. The van der Waals surface area contributed by atoms with E-state index in [1.165, 1.54) is 0 Å². The third kappa shape index (κ3) is 6.19. The quantitative estimate of drug-likeness (QED) is 0.817. The van der Waals surface area contributed by atoms with Crippen LogP contribution in [0.2, 0.25) is 0 Å². The van der Waals surface area contributed by atoms with Gasteiger partial charge in [-0.1, -0.05) is 12.1 Å². The van der Waals surface area contributed by atoms with E-state index in [1.807, 2.05) is 43.0 Å². The van der Waals surface area contributed by atoms with Crippen molar-refractivity contribution in [1.82, 2.24) is 10.3 Å². The number of hydrogen-bond acceptors (Lipinski definition) is 4. The molecule has 1 aromatic carbocycles. The molecule has 25 heavy (non-hydrogen) atoms. The van der Waals surface area contributed by atoms with Crippen LogP contribution >= 0.6 is 36.6 Å². The molecule has 2 aromatic rings. The van der Waals surface area contributed by atoms with Crippen LogP contribution < -0.4 is 10.6 Å². The van der Waals surface area contributed by atoms with Gasteiger partial charge in [0.25, 0.3) is 0 Å². The van der Waals surface area contributed by atoms with Crippen molar-refractivity contribution in [1.29, 1.82) is 0 Å². The number of anilines is 1. The zero-order valence-corrected chi connectivity index (χ0v) is 16.5. The number of pyridine rings is 1. The van der Waals surface area contributed by atoms with Gasteiger partial charge >= 0.3 is 0 Å². The van der Waals surface area contributed by atoms with Crippen LogP contribution in [0.4, 0.5) is 5.69 Å². The highest BCUT2D eigenvalue weighted by atomic mass is 35.5. The van der Waals surface area contributed by atoms with E-state index < -0.39 is 0 Å². The number of rotatable bonds is 4. The number of amides is 1. The minimum Gasteiger partial charge on any atom is -0.326 e. The first-order valence-corrected chi connectivity index (χ1v) is 9.00. The first-order chi connectivity index (χ1) is 11.2. The van der Waals surface area contributed by atoms with Crippen molar-refractivity contribution in [2.45, 2.75) is 19.4 Å². The van der Waals surface area contributed by atoms with Crippen molar-refractivity contribution < 1.29 is 4.79 Å². The standard InChI is InChI=1S/C18H21N3OS.2ClH/c1-13-2-3-15(14-4-6-19-7-5-14)10-17(13)21-18(22)11-16-12-23-9-8-20-16;;/h2-7,10,16,20H,8-9,11-12H2,1H3,(H,21,22);2*1H. The summed E-state index contributed by atoms with van der Waals surface area (Å²) < 4.78 is 0. The molecule has 2 N–H and O–H groups in total. The van der Waals surface area contributed by atoms with E-state index in [0.29, 0.717) is 6.42 Å². The van der Waals surface area contributed by atoms with Crippen LogP contribution in [0.3, 0.4) is 0 Å². The summed E-state index contributed by atoms with van der Waals surface area (Å²) in [5, 5.41) is 6.46. The van der Waals surface area contributed by atoms with E-state index in [1.54, 1.807) is 12.4 Å². The van der Waals surface area contributed by atoms with Gasteiger partial charge in [-0.15, -0.1) is 24.8 Å². The molecule has 1 aromatic heterocycles. The maximum absolute atomic E-state index is 12.3. The fourth-order valence-corrected chi connectivity index (χ4v) is 3.61. The van der Waals surface area contributed by atoms with Gasteiger partial charge in [-0.25, -0.2) is 0 Å². The second-order valence-electron chi connectivity index (χ2n) is 5.74. The maximum atomic E-state index is 12.3. The average molecular weight is 400 g/mol. The lowest BCUT2D eigenvalue weighted by Gasteiger charge is -2.22. The summed E-state index contributed by atoms with van der Waals surface area (Å²) in [7, 11) is 0. The summed E-state index contributed by atoms with van der Waals surface area (Å²) in [4.78, 5) is 16.4. The van der Waals surface area contributed by atoms with Crippen LogP contribution in [0.5, 0.6) is 0 Å². The normalized spacial score (nSPS) is 16.3. The zero-order valence-electron chi connectivity index (χ0n) is 14.0. The fraction of sp³-hybridized carbons (Fsp3) is 0.333. The van der Waals surface area contributed by atoms with Crippen LogP contribution in [0.15, 0.2) is 42.7 Å². The van der Waals surface area contributed by atoms with E-state index in [2.05, 4.69) is 21.7 Å². The SMILES string of the molecule is Cc1ccc(-c2ccncc2)cc1NC(=O)CC1CSCCN1.Cl.Cl. The number of aryl methyl sites for hydroxylation is 1. The van der Waals surface area contributed by atoms with E-state index >= 15 is 0 Å². The Morgan fingerprint density at radius 3 is 2.68 bits per heavy atom. The average Bonchev–Trinajstić information content (AvgIpc) is 2.58. The Morgan fingerprint density at radius 2 is 2.00 bits per heavy atom. The number of aromatic nitrogens is 1. The number of thioether (sulfide) groups is 1. The van der Waals surface area contributed by atoms with Gasteiger partial charge in [0.15, 0.2) is 0 Å². The Hall–Kier alpha value is -1.27. The molecule has 1 amide bonds. The van der Waals surface area contributed by atoms with Gasteiger partial charge in [-0.3, -0.25) is 9.78 Å². The highest BCUT2D eigenvalue weighted by Gasteiger charge is 2.17. The first-order valence-electron chi connectivity index (χ1n) is 7.84. The Balaban J connectivity index is 0.00000156. The first kappa shape index (κ1) is 21.8. The third-order valence-corrected chi connectivity index (χ3v) is 5.09. The van der Waals surface area contributed by atoms with Gasteiger partial charge in [0, 0.05) is 48.6 Å². The maximum Gasteiger partial charge on any atom is 0.225 e. The van der Waals surface area contributed by atoms with Gasteiger partial charge in [0.1, 0.15) is 0 Å². The van der Waals surface area contributed by atoms with Crippen molar-refractivity contribution in [2.75, 3.05) is 23.4 Å². The molecule has 1 atom stereocenters. The number of hydrogen-bond donors (Lipinski definition) is 2. The molecule has 1 unspecified atom stereocenters. The van der Waals surface area contributed by atoms with Crippen LogP contribution in [0, 0.1) is 6.92 Å². The van der Waals surface area contributed by atoms with Crippen molar-refractivity contribution in [3.8, 4) is 11.1 Å². The lowest BCUT2D eigenvalue weighted by atomic mass is 10.0. The summed E-state index contributed by atoms with van der Waals surface area (Å²) in [5.41, 5.74) is 4.13. The van der Waals surface area contributed by atoms with Gasteiger partial charge in [0.2, 0.25) is 5.91 Å². The Morgan fingerprint density at radius 1 is 1.24 bits per heavy atom. The molecule has 0 radical (unpaired) electrons. The smallest absolute Gasteiger partial charge is 0.225 e.